The highest BCUT2D eigenvalue weighted by molar-refractivity contribution is 7.09. The fourth-order valence-electron chi connectivity index (χ4n) is 2.10. The second-order valence-corrected chi connectivity index (χ2v) is 5.88. The molecule has 0 radical (unpaired) electrons. The lowest BCUT2D eigenvalue weighted by atomic mass is 10.2. The lowest BCUT2D eigenvalue weighted by molar-refractivity contribution is 0.812. The van der Waals surface area contributed by atoms with Gasteiger partial charge in [-0.2, -0.15) is 0 Å². The van der Waals surface area contributed by atoms with Crippen molar-refractivity contribution in [3.05, 3.63) is 65.0 Å². The number of aliphatic imine (C=N–C) groups is 1. The molecule has 0 aliphatic carbocycles. The Morgan fingerprint density at radius 1 is 1.26 bits per heavy atom. The summed E-state index contributed by atoms with van der Waals surface area (Å²) in [6.07, 6.45) is 7.15. The number of hydrogen-bond donors (Lipinski definition) is 2. The zero-order chi connectivity index (χ0) is 15.9. The molecule has 3 rings (SSSR count). The fourth-order valence-corrected chi connectivity index (χ4v) is 2.74. The van der Waals surface area contributed by atoms with E-state index in [4.69, 9.17) is 0 Å². The predicted molar refractivity (Wildman–Crippen MR) is 92.7 cm³/mol. The lowest BCUT2D eigenvalue weighted by Crippen LogP contribution is -2.36. The Hall–Kier alpha value is -2.67. The van der Waals surface area contributed by atoms with E-state index < -0.39 is 0 Å². The molecule has 23 heavy (non-hydrogen) atoms. The second kappa shape index (κ2) is 7.55. The highest BCUT2D eigenvalue weighted by Gasteiger charge is 2.02. The van der Waals surface area contributed by atoms with Crippen molar-refractivity contribution in [2.75, 3.05) is 7.05 Å². The largest absolute Gasteiger partial charge is 0.352 e. The maximum atomic E-state index is 4.35. The third-order valence-electron chi connectivity index (χ3n) is 3.27. The van der Waals surface area contributed by atoms with E-state index in [2.05, 4.69) is 37.0 Å². The van der Waals surface area contributed by atoms with Gasteiger partial charge in [0.2, 0.25) is 0 Å². The first-order valence-corrected chi connectivity index (χ1v) is 8.13. The average Bonchev–Trinajstić information content (AvgIpc) is 3.29. The maximum Gasteiger partial charge on any atom is 0.191 e. The molecule has 0 saturated carbocycles. The van der Waals surface area contributed by atoms with Gasteiger partial charge in [-0.3, -0.25) is 9.56 Å². The first-order chi connectivity index (χ1) is 11.3. The van der Waals surface area contributed by atoms with Crippen LogP contribution in [-0.2, 0) is 13.1 Å². The van der Waals surface area contributed by atoms with E-state index in [0.29, 0.717) is 6.54 Å². The van der Waals surface area contributed by atoms with Gasteiger partial charge in [-0.25, -0.2) is 9.97 Å². The number of hydrogen-bond acceptors (Lipinski definition) is 4. The molecule has 118 valence electrons. The van der Waals surface area contributed by atoms with Gasteiger partial charge < -0.3 is 10.6 Å². The van der Waals surface area contributed by atoms with Crippen molar-refractivity contribution in [1.29, 1.82) is 0 Å². The standard InChI is InChI=1S/C16H18N6S/c1-17-16(21-11-14-3-2-8-23-14)20-10-13-4-5-19-15(9-13)22-7-6-18-12-22/h2-9,12H,10-11H2,1H3,(H2,17,20,21). The van der Waals surface area contributed by atoms with E-state index >= 15 is 0 Å². The summed E-state index contributed by atoms with van der Waals surface area (Å²) in [5.74, 6) is 1.63. The second-order valence-electron chi connectivity index (χ2n) is 4.85. The van der Waals surface area contributed by atoms with E-state index in [1.54, 1.807) is 37.1 Å². The van der Waals surface area contributed by atoms with Crippen molar-refractivity contribution in [1.82, 2.24) is 25.2 Å². The van der Waals surface area contributed by atoms with Gasteiger partial charge in [0.05, 0.1) is 6.54 Å². The number of pyridine rings is 1. The monoisotopic (exact) mass is 326 g/mol. The number of rotatable bonds is 5. The molecule has 0 amide bonds. The van der Waals surface area contributed by atoms with Gasteiger partial charge >= 0.3 is 0 Å². The van der Waals surface area contributed by atoms with Crippen molar-refractivity contribution in [2.45, 2.75) is 13.1 Å². The summed E-state index contributed by atoms with van der Waals surface area (Å²) in [5.41, 5.74) is 1.13. The van der Waals surface area contributed by atoms with Crippen LogP contribution >= 0.6 is 11.3 Å². The van der Waals surface area contributed by atoms with Gasteiger partial charge in [0, 0.05) is 37.1 Å². The first-order valence-electron chi connectivity index (χ1n) is 7.25. The summed E-state index contributed by atoms with van der Waals surface area (Å²) in [7, 11) is 1.77. The Morgan fingerprint density at radius 2 is 2.17 bits per heavy atom. The van der Waals surface area contributed by atoms with Crippen LogP contribution < -0.4 is 10.6 Å². The molecule has 7 heteroatoms. The summed E-state index contributed by atoms with van der Waals surface area (Å²) < 4.78 is 1.88. The van der Waals surface area contributed by atoms with Gasteiger partial charge in [-0.1, -0.05) is 6.07 Å². The first kappa shape index (κ1) is 15.2. The van der Waals surface area contributed by atoms with E-state index in [1.165, 1.54) is 4.88 Å². The molecule has 2 N–H and O–H groups in total. The summed E-state index contributed by atoms with van der Waals surface area (Å²) in [4.78, 5) is 13.9. The minimum atomic E-state index is 0.675. The van der Waals surface area contributed by atoms with Gasteiger partial charge in [0.15, 0.2) is 5.96 Å². The molecule has 0 fully saturated rings. The fraction of sp³-hybridized carbons (Fsp3) is 0.188. The highest BCUT2D eigenvalue weighted by atomic mass is 32.1. The molecule has 0 spiro atoms. The Kier molecular flexibility index (Phi) is 5.00. The average molecular weight is 326 g/mol. The molecule has 3 heterocycles. The van der Waals surface area contributed by atoms with E-state index in [-0.39, 0.29) is 0 Å². The van der Waals surface area contributed by atoms with Crippen LogP contribution in [-0.4, -0.2) is 27.5 Å². The SMILES string of the molecule is CN=C(NCc1ccnc(-n2ccnc2)c1)NCc1cccs1. The van der Waals surface area contributed by atoms with Crippen LogP contribution in [0.25, 0.3) is 5.82 Å². The predicted octanol–water partition coefficient (Wildman–Crippen LogP) is 2.19. The third kappa shape index (κ3) is 4.17. The Bertz CT molecular complexity index is 749. The minimum absolute atomic E-state index is 0.675. The lowest BCUT2D eigenvalue weighted by Gasteiger charge is -2.12. The van der Waals surface area contributed by atoms with E-state index in [1.807, 2.05) is 29.0 Å². The van der Waals surface area contributed by atoms with Crippen LogP contribution in [0.4, 0.5) is 0 Å². The summed E-state index contributed by atoms with van der Waals surface area (Å²) in [6.45, 7) is 1.45. The smallest absolute Gasteiger partial charge is 0.191 e. The molecule has 6 nitrogen and oxygen atoms in total. The van der Waals surface area contributed by atoms with Crippen molar-refractivity contribution in [2.24, 2.45) is 4.99 Å². The normalized spacial score (nSPS) is 11.4. The molecule has 0 aromatic carbocycles. The van der Waals surface area contributed by atoms with Crippen LogP contribution in [0.3, 0.4) is 0 Å². The zero-order valence-corrected chi connectivity index (χ0v) is 13.6. The summed E-state index contributed by atoms with van der Waals surface area (Å²) >= 11 is 1.73. The van der Waals surface area contributed by atoms with Gasteiger partial charge in [-0.05, 0) is 29.1 Å². The number of guanidine groups is 1. The van der Waals surface area contributed by atoms with Crippen LogP contribution in [0, 0.1) is 0 Å². The van der Waals surface area contributed by atoms with Gasteiger partial charge in [-0.15, -0.1) is 11.3 Å². The topological polar surface area (TPSA) is 67.1 Å². The molecule has 0 bridgehead atoms. The van der Waals surface area contributed by atoms with Crippen LogP contribution in [0.1, 0.15) is 10.4 Å². The summed E-state index contributed by atoms with van der Waals surface area (Å²) in [5, 5.41) is 8.69. The minimum Gasteiger partial charge on any atom is -0.352 e. The Balaban J connectivity index is 1.57. The summed E-state index contributed by atoms with van der Waals surface area (Å²) in [6, 6.07) is 8.17. The molecule has 3 aromatic heterocycles. The molecule has 0 aliphatic rings. The zero-order valence-electron chi connectivity index (χ0n) is 12.8. The van der Waals surface area contributed by atoms with Crippen LogP contribution in [0.15, 0.2) is 59.6 Å². The van der Waals surface area contributed by atoms with Crippen molar-refractivity contribution in [3.63, 3.8) is 0 Å². The van der Waals surface area contributed by atoms with Gasteiger partial charge in [0.1, 0.15) is 12.1 Å². The third-order valence-corrected chi connectivity index (χ3v) is 4.15. The van der Waals surface area contributed by atoms with E-state index in [9.17, 15) is 0 Å². The van der Waals surface area contributed by atoms with Gasteiger partial charge in [0.25, 0.3) is 0 Å². The molecular weight excluding hydrogens is 308 g/mol. The molecule has 3 aromatic rings. The van der Waals surface area contributed by atoms with Crippen molar-refractivity contribution in [3.8, 4) is 5.82 Å². The number of imidazole rings is 1. The van der Waals surface area contributed by atoms with Crippen LogP contribution in [0.2, 0.25) is 0 Å². The van der Waals surface area contributed by atoms with Crippen molar-refractivity contribution < 1.29 is 0 Å². The Morgan fingerprint density at radius 3 is 2.91 bits per heavy atom. The molecule has 0 unspecified atom stereocenters. The molecule has 0 atom stereocenters. The molecular formula is C16H18N6S. The van der Waals surface area contributed by atoms with Crippen LogP contribution in [0.5, 0.6) is 0 Å². The maximum absolute atomic E-state index is 4.35. The van der Waals surface area contributed by atoms with E-state index in [0.717, 1.165) is 23.9 Å². The molecule has 0 aliphatic heterocycles. The molecule has 0 saturated heterocycles. The number of nitrogens with one attached hydrogen (secondary N) is 2. The quantitative estimate of drug-likeness (QED) is 0.557. The Labute approximate surface area is 138 Å². The number of thiophene rings is 1. The number of nitrogens with zero attached hydrogens (tertiary/aromatic N) is 4. The number of aromatic nitrogens is 3. The highest BCUT2D eigenvalue weighted by Crippen LogP contribution is 2.08. The van der Waals surface area contributed by atoms with Crippen molar-refractivity contribution >= 4 is 17.3 Å².